The monoisotopic (exact) mass is 473 g/mol. The van der Waals surface area contributed by atoms with Crippen LogP contribution in [0.25, 0.3) is 11.1 Å². The van der Waals surface area contributed by atoms with Crippen LogP contribution in [-0.2, 0) is 11.8 Å². The number of benzene rings is 2. The first-order valence-corrected chi connectivity index (χ1v) is 9.95. The summed E-state index contributed by atoms with van der Waals surface area (Å²) in [7, 11) is 2.76. The molecule has 1 heterocycles. The first-order valence-electron chi connectivity index (χ1n) is 9.95. The molecule has 2 aromatic carbocycles. The number of ether oxygens (including phenoxy) is 1. The molecule has 0 fully saturated rings. The zero-order valence-electron chi connectivity index (χ0n) is 18.2. The van der Waals surface area contributed by atoms with Gasteiger partial charge in [-0.3, -0.25) is 14.5 Å². The topological polar surface area (TPSA) is 121 Å². The van der Waals surface area contributed by atoms with Crippen molar-refractivity contribution in [3.63, 3.8) is 0 Å². The third-order valence-electron chi connectivity index (χ3n) is 4.93. The summed E-state index contributed by atoms with van der Waals surface area (Å²) in [4.78, 5) is 37.6. The van der Waals surface area contributed by atoms with Crippen LogP contribution in [0.3, 0.4) is 0 Å². The summed E-state index contributed by atoms with van der Waals surface area (Å²) >= 11 is 0. The number of rotatable bonds is 7. The number of aryl methyl sites for hydroxylation is 1. The maximum atomic E-state index is 14.6. The molecule has 9 nitrogen and oxygen atoms in total. The molecule has 0 aliphatic carbocycles. The number of amides is 2. The van der Waals surface area contributed by atoms with Gasteiger partial charge in [-0.1, -0.05) is 0 Å². The van der Waals surface area contributed by atoms with E-state index in [0.29, 0.717) is 6.07 Å². The lowest BCUT2D eigenvalue weighted by Gasteiger charge is -2.25. The number of nitrogens with zero attached hydrogens (tertiary/aromatic N) is 2. The zero-order chi connectivity index (χ0) is 25.0. The minimum Gasteiger partial charge on any atom is -0.505 e. The maximum Gasteiger partial charge on any atom is 0.326 e. The summed E-state index contributed by atoms with van der Waals surface area (Å²) in [6, 6.07) is 7.38. The average Bonchev–Trinajstić information content (AvgIpc) is 2.78. The molecule has 0 spiro atoms. The van der Waals surface area contributed by atoms with Crippen molar-refractivity contribution < 1.29 is 33.3 Å². The summed E-state index contributed by atoms with van der Waals surface area (Å²) in [6.07, 6.45) is 0.919. The number of carbonyl (C=O) groups excluding carboxylic acids is 1. The van der Waals surface area contributed by atoms with Crippen LogP contribution in [0.1, 0.15) is 6.42 Å². The van der Waals surface area contributed by atoms with Crippen LogP contribution in [-0.4, -0.2) is 40.4 Å². The second kappa shape index (κ2) is 10.0. The lowest BCUT2D eigenvalue weighted by Crippen LogP contribution is -2.41. The molecular weight excluding hydrogens is 452 g/mol. The van der Waals surface area contributed by atoms with E-state index in [4.69, 9.17) is 9.84 Å². The van der Waals surface area contributed by atoms with E-state index in [2.05, 4.69) is 5.32 Å². The van der Waals surface area contributed by atoms with Gasteiger partial charge < -0.3 is 24.8 Å². The molecule has 1 aromatic heterocycles. The Labute approximate surface area is 192 Å². The Hall–Kier alpha value is -4.41. The largest absolute Gasteiger partial charge is 0.505 e. The number of hydrogen-bond acceptors (Lipinski definition) is 5. The van der Waals surface area contributed by atoms with Gasteiger partial charge in [-0.05, 0) is 36.4 Å². The SMILES string of the molecule is COc1ccc(N(C(=O)NCCC(=O)O)c2c(O)ccn(C)c2=O)cc1-c1ccc(F)cc1F. The minimum absolute atomic E-state index is 0.0310. The van der Waals surface area contributed by atoms with E-state index in [1.54, 1.807) is 0 Å². The molecule has 0 saturated carbocycles. The average molecular weight is 473 g/mol. The molecule has 11 heteroatoms. The zero-order valence-corrected chi connectivity index (χ0v) is 18.2. The fraction of sp³-hybridized carbons (Fsp3) is 0.174. The van der Waals surface area contributed by atoms with E-state index in [9.17, 15) is 28.3 Å². The number of halogens is 2. The van der Waals surface area contributed by atoms with Gasteiger partial charge in [0, 0.05) is 37.0 Å². The van der Waals surface area contributed by atoms with Gasteiger partial charge in [-0.2, -0.15) is 0 Å². The van der Waals surface area contributed by atoms with Crippen LogP contribution < -0.4 is 20.5 Å². The van der Waals surface area contributed by atoms with Crippen molar-refractivity contribution in [2.24, 2.45) is 7.05 Å². The van der Waals surface area contributed by atoms with Crippen LogP contribution in [0.4, 0.5) is 25.0 Å². The van der Waals surface area contributed by atoms with Gasteiger partial charge in [0.05, 0.1) is 19.2 Å². The molecule has 0 unspecified atom stereocenters. The third-order valence-corrected chi connectivity index (χ3v) is 4.93. The second-order valence-electron chi connectivity index (χ2n) is 7.19. The van der Waals surface area contributed by atoms with E-state index in [1.165, 1.54) is 50.7 Å². The molecular formula is C23H21F2N3O6. The quantitative estimate of drug-likeness (QED) is 0.484. The lowest BCUT2D eigenvalue weighted by atomic mass is 10.0. The van der Waals surface area contributed by atoms with Crippen LogP contribution in [0, 0.1) is 11.6 Å². The number of anilines is 2. The summed E-state index contributed by atoms with van der Waals surface area (Å²) in [6.45, 7) is -0.256. The number of urea groups is 1. The number of pyridine rings is 1. The first kappa shape index (κ1) is 24.2. The fourth-order valence-corrected chi connectivity index (χ4v) is 3.27. The predicted molar refractivity (Wildman–Crippen MR) is 119 cm³/mol. The predicted octanol–water partition coefficient (Wildman–Crippen LogP) is 3.37. The Balaban J connectivity index is 2.20. The molecule has 178 valence electrons. The summed E-state index contributed by atoms with van der Waals surface area (Å²) in [5.41, 5.74) is -0.984. The van der Waals surface area contributed by atoms with E-state index in [1.807, 2.05) is 0 Å². The number of carbonyl (C=O) groups is 2. The molecule has 2 amide bonds. The number of hydrogen-bond donors (Lipinski definition) is 3. The van der Waals surface area contributed by atoms with Crippen molar-refractivity contribution in [2.75, 3.05) is 18.6 Å². The fourth-order valence-electron chi connectivity index (χ4n) is 3.27. The molecule has 0 aliphatic heterocycles. The van der Waals surface area contributed by atoms with Crippen LogP contribution in [0.15, 0.2) is 53.5 Å². The molecule has 3 aromatic rings. The Morgan fingerprint density at radius 2 is 1.85 bits per heavy atom. The van der Waals surface area contributed by atoms with Crippen LogP contribution >= 0.6 is 0 Å². The highest BCUT2D eigenvalue weighted by Gasteiger charge is 2.26. The standard InChI is InChI=1S/C23H21F2N3O6/c1-27-10-8-18(29)21(22(27)32)28(23(33)26-9-7-20(30)31)14-4-6-19(34-2)16(12-14)15-5-3-13(24)11-17(15)25/h3-6,8,10-12,29H,7,9H2,1-2H3,(H,26,33)(H,30,31). The summed E-state index contributed by atoms with van der Waals surface area (Å²) in [5.74, 6) is -3.13. The molecule has 3 N–H and O–H groups in total. The third kappa shape index (κ3) is 4.98. The Bertz CT molecular complexity index is 1310. The Morgan fingerprint density at radius 3 is 2.50 bits per heavy atom. The molecule has 34 heavy (non-hydrogen) atoms. The normalized spacial score (nSPS) is 10.6. The highest BCUT2D eigenvalue weighted by molar-refractivity contribution is 6.01. The van der Waals surface area contributed by atoms with Gasteiger partial charge in [0.25, 0.3) is 5.56 Å². The van der Waals surface area contributed by atoms with Gasteiger partial charge in [0.1, 0.15) is 23.1 Å². The minimum atomic E-state index is -1.15. The number of carboxylic acids is 1. The van der Waals surface area contributed by atoms with Crippen molar-refractivity contribution in [1.82, 2.24) is 9.88 Å². The van der Waals surface area contributed by atoms with Crippen molar-refractivity contribution in [3.8, 4) is 22.6 Å². The van der Waals surface area contributed by atoms with Crippen molar-refractivity contribution in [2.45, 2.75) is 6.42 Å². The first-order chi connectivity index (χ1) is 16.1. The summed E-state index contributed by atoms with van der Waals surface area (Å²) < 4.78 is 34.4. The van der Waals surface area contributed by atoms with E-state index < -0.39 is 40.6 Å². The molecule has 0 saturated heterocycles. The number of aromatic hydroxyl groups is 1. The Kier molecular flexibility index (Phi) is 7.15. The van der Waals surface area contributed by atoms with Gasteiger partial charge in [-0.25, -0.2) is 13.6 Å². The van der Waals surface area contributed by atoms with Gasteiger partial charge in [-0.15, -0.1) is 0 Å². The van der Waals surface area contributed by atoms with Crippen molar-refractivity contribution in [3.05, 3.63) is 70.6 Å². The molecule has 0 radical (unpaired) electrons. The number of nitrogens with one attached hydrogen (secondary N) is 1. The van der Waals surface area contributed by atoms with Crippen molar-refractivity contribution >= 4 is 23.4 Å². The van der Waals surface area contributed by atoms with Gasteiger partial charge >= 0.3 is 12.0 Å². The lowest BCUT2D eigenvalue weighted by molar-refractivity contribution is -0.136. The van der Waals surface area contributed by atoms with Crippen LogP contribution in [0.5, 0.6) is 11.5 Å². The molecule has 0 bridgehead atoms. The molecule has 0 aliphatic rings. The summed E-state index contributed by atoms with van der Waals surface area (Å²) in [5, 5.41) is 21.7. The molecule has 3 rings (SSSR count). The number of aromatic nitrogens is 1. The van der Waals surface area contributed by atoms with Crippen molar-refractivity contribution in [1.29, 1.82) is 0 Å². The van der Waals surface area contributed by atoms with Gasteiger partial charge in [0.2, 0.25) is 0 Å². The molecule has 0 atom stereocenters. The van der Waals surface area contributed by atoms with Gasteiger partial charge in [0.15, 0.2) is 5.69 Å². The number of methoxy groups -OCH3 is 1. The maximum absolute atomic E-state index is 14.6. The van der Waals surface area contributed by atoms with E-state index >= 15 is 0 Å². The highest BCUT2D eigenvalue weighted by Crippen LogP contribution is 2.38. The highest BCUT2D eigenvalue weighted by atomic mass is 19.1. The number of aliphatic carboxylic acids is 1. The number of carboxylic acid groups (broad SMARTS) is 1. The second-order valence-corrected chi connectivity index (χ2v) is 7.19. The van der Waals surface area contributed by atoms with E-state index in [0.717, 1.165) is 15.5 Å². The van der Waals surface area contributed by atoms with E-state index in [-0.39, 0.29) is 35.5 Å². The van der Waals surface area contributed by atoms with Crippen LogP contribution in [0.2, 0.25) is 0 Å². The Morgan fingerprint density at radius 1 is 1.12 bits per heavy atom. The smallest absolute Gasteiger partial charge is 0.326 e.